The molecule has 3 aromatic rings. The Kier molecular flexibility index (Phi) is 2.56. The lowest BCUT2D eigenvalue weighted by molar-refractivity contribution is 0.202. The third kappa shape index (κ3) is 1.74. The molecule has 0 unspecified atom stereocenters. The van der Waals surface area contributed by atoms with E-state index in [1.165, 1.54) is 0 Å². The Balaban J connectivity index is 2.26. The minimum atomic E-state index is -0.710. The number of aromatic nitrogens is 4. The van der Waals surface area contributed by atoms with Crippen molar-refractivity contribution < 1.29 is 9.94 Å². The van der Waals surface area contributed by atoms with Crippen LogP contribution in [0.4, 0.5) is 0 Å². The largest absolute Gasteiger partial charge is 0.497 e. The quantitative estimate of drug-likeness (QED) is 0.583. The van der Waals surface area contributed by atoms with E-state index in [0.717, 1.165) is 0 Å². The highest BCUT2D eigenvalue weighted by Gasteiger charge is 2.15. The number of rotatable bonds is 2. The molecule has 0 saturated carbocycles. The van der Waals surface area contributed by atoms with Gasteiger partial charge in [0.05, 0.1) is 7.11 Å². The second-order valence-electron chi connectivity index (χ2n) is 4.08. The molecule has 0 spiro atoms. The predicted molar refractivity (Wildman–Crippen MR) is 70.1 cm³/mol. The van der Waals surface area contributed by atoms with Gasteiger partial charge in [-0.15, -0.1) is 0 Å². The van der Waals surface area contributed by atoms with Gasteiger partial charge >= 0.3 is 5.69 Å². The van der Waals surface area contributed by atoms with E-state index in [1.54, 1.807) is 31.4 Å². The maximum atomic E-state index is 11.6. The maximum Gasteiger partial charge on any atom is 0.327 e. The lowest BCUT2D eigenvalue weighted by Crippen LogP contribution is -2.23. The third-order valence-corrected chi connectivity index (χ3v) is 2.88. The fourth-order valence-electron chi connectivity index (χ4n) is 1.93. The van der Waals surface area contributed by atoms with Crippen LogP contribution in [0.15, 0.2) is 33.9 Å². The molecule has 0 aliphatic carbocycles. The van der Waals surface area contributed by atoms with Crippen molar-refractivity contribution in [2.45, 2.75) is 0 Å². The number of fused-ring (bicyclic) bond motifs is 1. The van der Waals surface area contributed by atoms with Crippen LogP contribution in [0.25, 0.3) is 22.6 Å². The molecule has 3 rings (SSSR count). The van der Waals surface area contributed by atoms with Crippen molar-refractivity contribution in [2.75, 3.05) is 7.11 Å². The van der Waals surface area contributed by atoms with Crippen molar-refractivity contribution >= 4 is 11.2 Å². The SMILES string of the molecule is COc1ccc(-c2nc3[nH]c(=O)[nH]c(=O)c3n2O)cc1. The minimum absolute atomic E-state index is 0.0204. The number of hydrogen-bond acceptors (Lipinski definition) is 5. The van der Waals surface area contributed by atoms with Gasteiger partial charge in [0.15, 0.2) is 17.0 Å². The van der Waals surface area contributed by atoms with Gasteiger partial charge in [-0.1, -0.05) is 0 Å². The second-order valence-corrected chi connectivity index (χ2v) is 4.08. The molecule has 0 atom stereocenters. The van der Waals surface area contributed by atoms with Crippen LogP contribution in [0.1, 0.15) is 0 Å². The molecular weight excluding hydrogens is 264 g/mol. The summed E-state index contributed by atoms with van der Waals surface area (Å²) < 4.78 is 5.68. The van der Waals surface area contributed by atoms with Crippen molar-refractivity contribution in [1.29, 1.82) is 0 Å². The van der Waals surface area contributed by atoms with Crippen LogP contribution in [-0.4, -0.2) is 32.0 Å². The molecule has 0 bridgehead atoms. The number of benzene rings is 1. The molecular formula is C12H10N4O4. The van der Waals surface area contributed by atoms with Crippen LogP contribution in [0.2, 0.25) is 0 Å². The van der Waals surface area contributed by atoms with Crippen molar-refractivity contribution in [3.63, 3.8) is 0 Å². The molecule has 102 valence electrons. The maximum absolute atomic E-state index is 11.6. The van der Waals surface area contributed by atoms with Crippen LogP contribution in [0.5, 0.6) is 5.75 Å². The number of methoxy groups -OCH3 is 1. The van der Waals surface area contributed by atoms with Crippen molar-refractivity contribution in [3.8, 4) is 17.1 Å². The van der Waals surface area contributed by atoms with E-state index in [1.807, 2.05) is 4.98 Å². The van der Waals surface area contributed by atoms with E-state index in [2.05, 4.69) is 9.97 Å². The minimum Gasteiger partial charge on any atom is -0.497 e. The van der Waals surface area contributed by atoms with Crippen molar-refractivity contribution in [1.82, 2.24) is 19.7 Å². The van der Waals surface area contributed by atoms with Gasteiger partial charge in [-0.3, -0.25) is 14.8 Å². The standard InChI is InChI=1S/C12H10N4O4/c1-20-7-4-2-6(3-5-7)10-13-9-8(16(10)19)11(17)15-12(18)14-9/h2-5,19H,1H3,(H2,14,15,17,18). The summed E-state index contributed by atoms with van der Waals surface area (Å²) in [6.45, 7) is 0. The highest BCUT2D eigenvalue weighted by atomic mass is 16.5. The van der Waals surface area contributed by atoms with Crippen LogP contribution in [-0.2, 0) is 0 Å². The zero-order valence-corrected chi connectivity index (χ0v) is 10.4. The van der Waals surface area contributed by atoms with Crippen LogP contribution >= 0.6 is 0 Å². The third-order valence-electron chi connectivity index (χ3n) is 2.88. The number of hydrogen-bond donors (Lipinski definition) is 3. The lowest BCUT2D eigenvalue weighted by atomic mass is 10.2. The van der Waals surface area contributed by atoms with E-state index in [9.17, 15) is 14.8 Å². The van der Waals surface area contributed by atoms with Gasteiger partial charge in [-0.25, -0.2) is 9.78 Å². The topological polar surface area (TPSA) is 113 Å². The molecule has 0 radical (unpaired) electrons. The number of nitrogens with one attached hydrogen (secondary N) is 2. The first kappa shape index (κ1) is 12.0. The summed E-state index contributed by atoms with van der Waals surface area (Å²) in [5, 5.41) is 10.0. The highest BCUT2D eigenvalue weighted by molar-refractivity contribution is 5.75. The Morgan fingerprint density at radius 1 is 1.20 bits per heavy atom. The number of aromatic amines is 2. The lowest BCUT2D eigenvalue weighted by Gasteiger charge is -2.02. The summed E-state index contributed by atoms with van der Waals surface area (Å²) in [5.74, 6) is 0.801. The summed E-state index contributed by atoms with van der Waals surface area (Å²) in [4.78, 5) is 31.3. The van der Waals surface area contributed by atoms with Gasteiger partial charge in [-0.05, 0) is 24.3 Å². The summed E-state index contributed by atoms with van der Waals surface area (Å²) in [5.41, 5.74) is -0.910. The highest BCUT2D eigenvalue weighted by Crippen LogP contribution is 2.22. The molecule has 0 saturated heterocycles. The van der Waals surface area contributed by atoms with E-state index in [0.29, 0.717) is 16.0 Å². The average Bonchev–Trinajstić information content (AvgIpc) is 2.76. The van der Waals surface area contributed by atoms with Crippen LogP contribution < -0.4 is 16.0 Å². The zero-order valence-electron chi connectivity index (χ0n) is 10.4. The molecule has 8 heteroatoms. The summed E-state index contributed by atoms with van der Waals surface area (Å²) in [6.07, 6.45) is 0. The Morgan fingerprint density at radius 2 is 1.90 bits per heavy atom. The van der Waals surface area contributed by atoms with E-state index < -0.39 is 11.2 Å². The van der Waals surface area contributed by atoms with E-state index in [4.69, 9.17) is 4.74 Å². The Hall–Kier alpha value is -3.03. The number of nitrogens with zero attached hydrogens (tertiary/aromatic N) is 2. The normalized spacial score (nSPS) is 10.8. The molecule has 0 fully saturated rings. The average molecular weight is 274 g/mol. The molecule has 3 N–H and O–H groups in total. The molecule has 0 aliphatic rings. The molecule has 2 aromatic heterocycles. The van der Waals surface area contributed by atoms with Gasteiger partial charge in [0.1, 0.15) is 5.75 Å². The first-order valence-corrected chi connectivity index (χ1v) is 5.69. The molecule has 8 nitrogen and oxygen atoms in total. The fraction of sp³-hybridized carbons (Fsp3) is 0.0833. The van der Waals surface area contributed by atoms with Crippen molar-refractivity contribution in [2.24, 2.45) is 0 Å². The van der Waals surface area contributed by atoms with Crippen LogP contribution in [0.3, 0.4) is 0 Å². The first-order valence-electron chi connectivity index (χ1n) is 5.69. The zero-order chi connectivity index (χ0) is 14.3. The Morgan fingerprint density at radius 3 is 2.55 bits per heavy atom. The van der Waals surface area contributed by atoms with E-state index >= 15 is 0 Å². The second kappa shape index (κ2) is 4.26. The Labute approximate surface area is 111 Å². The van der Waals surface area contributed by atoms with Crippen LogP contribution in [0, 0.1) is 0 Å². The van der Waals surface area contributed by atoms with Gasteiger partial charge in [0, 0.05) is 5.56 Å². The van der Waals surface area contributed by atoms with Gasteiger partial charge < -0.3 is 9.94 Å². The molecule has 20 heavy (non-hydrogen) atoms. The molecule has 0 amide bonds. The Bertz CT molecular complexity index is 888. The van der Waals surface area contributed by atoms with Gasteiger partial charge in [0.25, 0.3) is 5.56 Å². The smallest absolute Gasteiger partial charge is 0.327 e. The predicted octanol–water partition coefficient (Wildman–Crippen LogP) is 0.326. The molecule has 1 aromatic carbocycles. The fourth-order valence-corrected chi connectivity index (χ4v) is 1.93. The number of H-pyrrole nitrogens is 2. The van der Waals surface area contributed by atoms with Crippen molar-refractivity contribution in [3.05, 3.63) is 45.1 Å². The van der Waals surface area contributed by atoms with E-state index in [-0.39, 0.29) is 17.0 Å². The summed E-state index contributed by atoms with van der Waals surface area (Å²) >= 11 is 0. The summed E-state index contributed by atoms with van der Waals surface area (Å²) in [6, 6.07) is 6.75. The van der Waals surface area contributed by atoms with Gasteiger partial charge in [0.2, 0.25) is 0 Å². The number of ether oxygens (including phenoxy) is 1. The molecule has 0 aliphatic heterocycles. The molecule has 2 heterocycles. The van der Waals surface area contributed by atoms with Gasteiger partial charge in [-0.2, -0.15) is 4.73 Å². The monoisotopic (exact) mass is 274 g/mol. The summed E-state index contributed by atoms with van der Waals surface area (Å²) in [7, 11) is 1.54. The first-order chi connectivity index (χ1) is 9.60. The number of imidazole rings is 1.